The van der Waals surface area contributed by atoms with Crippen LogP contribution >= 0.6 is 0 Å². The summed E-state index contributed by atoms with van der Waals surface area (Å²) in [6.07, 6.45) is 7.38. The Labute approximate surface area is 112 Å². The van der Waals surface area contributed by atoms with Gasteiger partial charge in [0.1, 0.15) is 0 Å². The van der Waals surface area contributed by atoms with Crippen LogP contribution in [0.4, 0.5) is 0 Å². The van der Waals surface area contributed by atoms with Crippen LogP contribution in [0, 0.1) is 5.92 Å². The molecule has 1 saturated heterocycles. The first-order chi connectivity index (χ1) is 8.79. The molecule has 2 rings (SSSR count). The number of rotatable bonds is 4. The molecular weight excluding hydrogens is 224 g/mol. The Balaban J connectivity index is 1.72. The van der Waals surface area contributed by atoms with Crippen molar-refractivity contribution in [2.24, 2.45) is 5.92 Å². The van der Waals surface area contributed by atoms with Crippen molar-refractivity contribution in [1.82, 2.24) is 10.2 Å². The minimum absolute atomic E-state index is 0.397. The van der Waals surface area contributed by atoms with E-state index < -0.39 is 0 Å². The molecule has 18 heavy (non-hydrogen) atoms. The highest BCUT2D eigenvalue weighted by molar-refractivity contribution is 4.80. The number of likely N-dealkylation sites (N-methyl/N-ethyl adjacent to an activating group) is 1. The van der Waals surface area contributed by atoms with Crippen LogP contribution < -0.4 is 5.32 Å². The maximum atomic E-state index is 5.86. The molecule has 1 N–H and O–H groups in total. The number of nitrogens with zero attached hydrogens (tertiary/aromatic N) is 1. The molecule has 0 spiro atoms. The maximum absolute atomic E-state index is 5.86. The Kier molecular flexibility index (Phi) is 5.93. The number of morpholine rings is 1. The molecule has 3 nitrogen and oxygen atoms in total. The Morgan fingerprint density at radius 1 is 1.22 bits per heavy atom. The first-order valence-corrected chi connectivity index (χ1v) is 7.87. The van der Waals surface area contributed by atoms with E-state index in [0.29, 0.717) is 12.1 Å². The first-order valence-electron chi connectivity index (χ1n) is 7.87. The predicted molar refractivity (Wildman–Crippen MR) is 75.9 cm³/mol. The second-order valence-electron chi connectivity index (χ2n) is 6.02. The maximum Gasteiger partial charge on any atom is 0.0826 e. The highest BCUT2D eigenvalue weighted by atomic mass is 16.5. The quantitative estimate of drug-likeness (QED) is 0.779. The van der Waals surface area contributed by atoms with Crippen LogP contribution in [-0.2, 0) is 4.74 Å². The van der Waals surface area contributed by atoms with Crippen molar-refractivity contribution < 1.29 is 4.74 Å². The molecule has 0 aromatic rings. The average Bonchev–Trinajstić information content (AvgIpc) is 2.61. The van der Waals surface area contributed by atoms with Gasteiger partial charge in [0.25, 0.3) is 0 Å². The lowest BCUT2D eigenvalue weighted by atomic mass is 9.97. The monoisotopic (exact) mass is 254 g/mol. The fourth-order valence-corrected chi connectivity index (χ4v) is 3.27. The van der Waals surface area contributed by atoms with Crippen LogP contribution in [0.25, 0.3) is 0 Å². The van der Waals surface area contributed by atoms with Gasteiger partial charge < -0.3 is 10.1 Å². The van der Waals surface area contributed by atoms with Gasteiger partial charge >= 0.3 is 0 Å². The van der Waals surface area contributed by atoms with Crippen LogP contribution in [0.2, 0.25) is 0 Å². The predicted octanol–water partition coefficient (Wildman–Crippen LogP) is 2.27. The molecule has 2 aliphatic rings. The summed E-state index contributed by atoms with van der Waals surface area (Å²) >= 11 is 0. The lowest BCUT2D eigenvalue weighted by molar-refractivity contribution is -0.0271. The Hall–Kier alpha value is -0.120. The van der Waals surface area contributed by atoms with Crippen molar-refractivity contribution in [1.29, 1.82) is 0 Å². The summed E-state index contributed by atoms with van der Waals surface area (Å²) in [5.74, 6) is 0.832. The molecule has 0 bridgehead atoms. The number of hydrogen-bond acceptors (Lipinski definition) is 3. The molecule has 3 atom stereocenters. The molecule has 3 heteroatoms. The van der Waals surface area contributed by atoms with Gasteiger partial charge in [0.05, 0.1) is 12.7 Å². The topological polar surface area (TPSA) is 24.5 Å². The lowest BCUT2D eigenvalue weighted by Crippen LogP contribution is -2.48. The van der Waals surface area contributed by atoms with Crippen molar-refractivity contribution in [3.8, 4) is 0 Å². The van der Waals surface area contributed by atoms with Gasteiger partial charge in [-0.3, -0.25) is 4.90 Å². The van der Waals surface area contributed by atoms with E-state index >= 15 is 0 Å². The van der Waals surface area contributed by atoms with E-state index in [4.69, 9.17) is 4.74 Å². The second kappa shape index (κ2) is 7.46. The Morgan fingerprint density at radius 2 is 2.06 bits per heavy atom. The summed E-state index contributed by atoms with van der Waals surface area (Å²) in [7, 11) is 0. The van der Waals surface area contributed by atoms with Crippen LogP contribution in [0.5, 0.6) is 0 Å². The largest absolute Gasteiger partial charge is 0.374 e. The van der Waals surface area contributed by atoms with Gasteiger partial charge in [-0.15, -0.1) is 0 Å². The fraction of sp³-hybridized carbons (Fsp3) is 1.00. The third-order valence-electron chi connectivity index (χ3n) is 4.64. The van der Waals surface area contributed by atoms with Gasteiger partial charge in [0.2, 0.25) is 0 Å². The summed E-state index contributed by atoms with van der Waals surface area (Å²) in [6, 6.07) is 0.716. The Bertz CT molecular complexity index is 235. The van der Waals surface area contributed by atoms with E-state index in [9.17, 15) is 0 Å². The minimum Gasteiger partial charge on any atom is -0.374 e. The SMILES string of the molecule is CCN1CCOC(CNC2CCCCCC2C)C1. The summed E-state index contributed by atoms with van der Waals surface area (Å²) in [5.41, 5.74) is 0. The van der Waals surface area contributed by atoms with Gasteiger partial charge in [0.15, 0.2) is 0 Å². The van der Waals surface area contributed by atoms with E-state index in [0.717, 1.165) is 38.7 Å². The molecule has 1 aliphatic carbocycles. The summed E-state index contributed by atoms with van der Waals surface area (Å²) in [5, 5.41) is 3.77. The third-order valence-corrected chi connectivity index (χ3v) is 4.64. The normalized spacial score (nSPS) is 35.3. The molecule has 1 saturated carbocycles. The zero-order valence-corrected chi connectivity index (χ0v) is 12.2. The van der Waals surface area contributed by atoms with E-state index in [1.807, 2.05) is 0 Å². The van der Waals surface area contributed by atoms with Crippen molar-refractivity contribution >= 4 is 0 Å². The minimum atomic E-state index is 0.397. The van der Waals surface area contributed by atoms with Crippen LogP contribution in [-0.4, -0.2) is 49.8 Å². The third kappa shape index (κ3) is 4.22. The fourth-order valence-electron chi connectivity index (χ4n) is 3.27. The molecule has 1 heterocycles. The summed E-state index contributed by atoms with van der Waals surface area (Å²) in [6.45, 7) is 9.94. The molecule has 0 radical (unpaired) electrons. The van der Waals surface area contributed by atoms with Crippen molar-refractivity contribution in [2.45, 2.75) is 58.1 Å². The van der Waals surface area contributed by atoms with Crippen molar-refractivity contribution in [3.63, 3.8) is 0 Å². The van der Waals surface area contributed by atoms with E-state index in [1.165, 1.54) is 32.1 Å². The van der Waals surface area contributed by atoms with Gasteiger partial charge in [-0.25, -0.2) is 0 Å². The highest BCUT2D eigenvalue weighted by Crippen LogP contribution is 2.23. The van der Waals surface area contributed by atoms with Crippen LogP contribution in [0.3, 0.4) is 0 Å². The van der Waals surface area contributed by atoms with Gasteiger partial charge in [-0.05, 0) is 25.3 Å². The molecule has 0 aromatic carbocycles. The zero-order chi connectivity index (χ0) is 12.8. The van der Waals surface area contributed by atoms with Gasteiger partial charge in [0, 0.05) is 25.7 Å². The van der Waals surface area contributed by atoms with E-state index in [1.54, 1.807) is 0 Å². The summed E-state index contributed by atoms with van der Waals surface area (Å²) in [4.78, 5) is 2.49. The Morgan fingerprint density at radius 3 is 2.89 bits per heavy atom. The molecule has 0 amide bonds. The molecule has 1 aliphatic heterocycles. The molecule has 3 unspecified atom stereocenters. The standard InChI is InChI=1S/C15H30N2O/c1-3-17-9-10-18-14(12-17)11-16-15-8-6-4-5-7-13(15)2/h13-16H,3-12H2,1-2H3. The number of nitrogens with one attached hydrogen (secondary N) is 1. The van der Waals surface area contributed by atoms with Crippen LogP contribution in [0.1, 0.15) is 46.0 Å². The second-order valence-corrected chi connectivity index (χ2v) is 6.02. The zero-order valence-electron chi connectivity index (χ0n) is 12.2. The van der Waals surface area contributed by atoms with Crippen molar-refractivity contribution in [3.05, 3.63) is 0 Å². The molecule has 0 aromatic heterocycles. The van der Waals surface area contributed by atoms with Crippen LogP contribution in [0.15, 0.2) is 0 Å². The highest BCUT2D eigenvalue weighted by Gasteiger charge is 2.23. The number of ether oxygens (including phenoxy) is 1. The average molecular weight is 254 g/mol. The summed E-state index contributed by atoms with van der Waals surface area (Å²) < 4.78 is 5.86. The smallest absolute Gasteiger partial charge is 0.0826 e. The lowest BCUT2D eigenvalue weighted by Gasteiger charge is -2.33. The van der Waals surface area contributed by atoms with E-state index in [-0.39, 0.29) is 0 Å². The van der Waals surface area contributed by atoms with Gasteiger partial charge in [-0.2, -0.15) is 0 Å². The number of hydrogen-bond donors (Lipinski definition) is 1. The molecular formula is C15H30N2O. The molecule has 2 fully saturated rings. The van der Waals surface area contributed by atoms with Crippen molar-refractivity contribution in [2.75, 3.05) is 32.8 Å². The van der Waals surface area contributed by atoms with E-state index in [2.05, 4.69) is 24.1 Å². The molecule has 106 valence electrons. The van der Waals surface area contributed by atoms with Gasteiger partial charge in [-0.1, -0.05) is 33.1 Å². The first kappa shape index (κ1) is 14.3.